The molecule has 6 nitrogen and oxygen atoms in total. The van der Waals surface area contributed by atoms with Crippen LogP contribution in [0.1, 0.15) is 22.6 Å². The summed E-state index contributed by atoms with van der Waals surface area (Å²) in [6, 6.07) is 22.7. The van der Waals surface area contributed by atoms with Crippen LogP contribution in [-0.4, -0.2) is 46.7 Å². The van der Waals surface area contributed by atoms with Crippen molar-refractivity contribution < 1.29 is 19.4 Å². The zero-order chi connectivity index (χ0) is 23.7. The lowest BCUT2D eigenvalue weighted by Gasteiger charge is -2.25. The molecule has 1 N–H and O–H groups in total. The van der Waals surface area contributed by atoms with E-state index in [0.717, 1.165) is 38.6 Å². The molecule has 0 unspecified atom stereocenters. The van der Waals surface area contributed by atoms with E-state index in [2.05, 4.69) is 17.1 Å². The van der Waals surface area contributed by atoms with Crippen molar-refractivity contribution in [3.05, 3.63) is 102 Å². The van der Waals surface area contributed by atoms with Crippen LogP contribution in [-0.2, 0) is 16.0 Å². The predicted molar refractivity (Wildman–Crippen MR) is 130 cm³/mol. The van der Waals surface area contributed by atoms with Crippen LogP contribution in [0.25, 0.3) is 21.9 Å². The van der Waals surface area contributed by atoms with Crippen molar-refractivity contribution in [2.24, 2.45) is 0 Å². The second-order valence-electron chi connectivity index (χ2n) is 8.49. The van der Waals surface area contributed by atoms with E-state index >= 15 is 0 Å². The average molecular weight is 453 g/mol. The fraction of sp³-hybridized carbons (Fsp3) is 0.179. The summed E-state index contributed by atoms with van der Waals surface area (Å²) in [4.78, 5) is 30.4. The van der Waals surface area contributed by atoms with E-state index in [9.17, 15) is 14.7 Å². The number of hydrogen-bond acceptors (Lipinski definition) is 4. The maximum absolute atomic E-state index is 13.0. The van der Waals surface area contributed by atoms with Crippen LogP contribution in [0, 0.1) is 0 Å². The number of hydrogen-bond donors (Lipinski definition) is 1. The van der Waals surface area contributed by atoms with Gasteiger partial charge in [0.05, 0.1) is 0 Å². The van der Waals surface area contributed by atoms with Crippen LogP contribution >= 0.6 is 0 Å². The number of benzene rings is 3. The summed E-state index contributed by atoms with van der Waals surface area (Å²) in [5, 5.41) is 11.7. The van der Waals surface area contributed by atoms with E-state index in [-0.39, 0.29) is 18.9 Å². The largest absolute Gasteiger partial charge is 0.480 e. The molecular formula is C28H24N2O4. The average Bonchev–Trinajstić information content (AvgIpc) is 3.19. The topological polar surface area (TPSA) is 79.7 Å². The third-order valence-electron chi connectivity index (χ3n) is 6.56. The molecular weight excluding hydrogens is 428 g/mol. The van der Waals surface area contributed by atoms with Gasteiger partial charge in [0, 0.05) is 37.2 Å². The summed E-state index contributed by atoms with van der Waals surface area (Å²) in [5.74, 6) is -1.17. The molecule has 0 aliphatic heterocycles. The number of carbonyl (C=O) groups is 2. The molecule has 6 heteroatoms. The maximum Gasteiger partial charge on any atom is 0.410 e. The summed E-state index contributed by atoms with van der Waals surface area (Å²) in [6.45, 7) is 0.142. The van der Waals surface area contributed by atoms with Gasteiger partial charge in [0.2, 0.25) is 0 Å². The van der Waals surface area contributed by atoms with E-state index in [1.807, 2.05) is 60.7 Å². The first kappa shape index (κ1) is 21.6. The maximum atomic E-state index is 13.0. The van der Waals surface area contributed by atoms with Crippen molar-refractivity contribution in [2.75, 3.05) is 13.7 Å². The van der Waals surface area contributed by atoms with Gasteiger partial charge < -0.3 is 9.84 Å². The van der Waals surface area contributed by atoms with E-state index in [4.69, 9.17) is 4.74 Å². The zero-order valence-electron chi connectivity index (χ0n) is 18.7. The Kier molecular flexibility index (Phi) is 5.72. The number of likely N-dealkylation sites (N-methyl/N-ethyl adjacent to an activating group) is 1. The number of aromatic nitrogens is 1. The second-order valence-corrected chi connectivity index (χ2v) is 8.49. The Morgan fingerprint density at radius 3 is 2.32 bits per heavy atom. The number of nitrogens with zero attached hydrogens (tertiary/aromatic N) is 2. The molecule has 0 fully saturated rings. The Morgan fingerprint density at radius 1 is 0.971 bits per heavy atom. The molecule has 4 aromatic rings. The molecule has 0 saturated carbocycles. The van der Waals surface area contributed by atoms with Gasteiger partial charge in [-0.25, -0.2) is 9.59 Å². The standard InChI is InChI=1S/C28H24N2O4/c1-30(26(27(31)32)15-18-7-6-8-19-16-29-14-13-20(18)19)28(33)34-17-25-23-11-4-2-9-21(23)22-10-3-5-12-24(22)25/h2-14,16,25-26H,15,17H2,1H3,(H,31,32)/t26-/m0/s1. The monoisotopic (exact) mass is 452 g/mol. The molecule has 1 aromatic heterocycles. The van der Waals surface area contributed by atoms with Crippen LogP contribution in [0.3, 0.4) is 0 Å². The molecule has 1 atom stereocenters. The molecule has 34 heavy (non-hydrogen) atoms. The molecule has 1 amide bonds. The molecule has 1 aliphatic carbocycles. The minimum absolute atomic E-state index is 0.0846. The predicted octanol–water partition coefficient (Wildman–Crippen LogP) is 5.11. The molecule has 0 bridgehead atoms. The highest BCUT2D eigenvalue weighted by molar-refractivity contribution is 5.86. The molecule has 5 rings (SSSR count). The number of carboxylic acid groups (broad SMARTS) is 1. The van der Waals surface area contributed by atoms with Crippen molar-refractivity contribution in [1.29, 1.82) is 0 Å². The fourth-order valence-corrected chi connectivity index (χ4v) is 4.79. The van der Waals surface area contributed by atoms with E-state index in [1.165, 1.54) is 11.9 Å². The van der Waals surface area contributed by atoms with Crippen LogP contribution < -0.4 is 0 Å². The number of pyridine rings is 1. The highest BCUT2D eigenvalue weighted by atomic mass is 16.6. The highest BCUT2D eigenvalue weighted by Gasteiger charge is 2.32. The van der Waals surface area contributed by atoms with Gasteiger partial charge in [0.15, 0.2) is 0 Å². The van der Waals surface area contributed by atoms with Gasteiger partial charge in [-0.05, 0) is 39.3 Å². The quantitative estimate of drug-likeness (QED) is 0.440. The number of aliphatic carboxylic acids is 1. The van der Waals surface area contributed by atoms with Crippen LogP contribution in [0.2, 0.25) is 0 Å². The first-order valence-corrected chi connectivity index (χ1v) is 11.2. The molecule has 1 aliphatic rings. The van der Waals surface area contributed by atoms with Crippen LogP contribution in [0.15, 0.2) is 85.2 Å². The van der Waals surface area contributed by atoms with Crippen molar-refractivity contribution in [3.63, 3.8) is 0 Å². The Balaban J connectivity index is 1.33. The van der Waals surface area contributed by atoms with Gasteiger partial charge in [0.1, 0.15) is 12.6 Å². The number of carbonyl (C=O) groups excluding carboxylic acids is 1. The third-order valence-corrected chi connectivity index (χ3v) is 6.56. The van der Waals surface area contributed by atoms with E-state index in [1.54, 1.807) is 12.4 Å². The minimum atomic E-state index is -1.08. The Labute approximate surface area is 197 Å². The van der Waals surface area contributed by atoms with Gasteiger partial charge in [-0.2, -0.15) is 0 Å². The first-order valence-electron chi connectivity index (χ1n) is 11.2. The summed E-state index contributed by atoms with van der Waals surface area (Å²) < 4.78 is 5.67. The van der Waals surface area contributed by atoms with Crippen molar-refractivity contribution >= 4 is 22.8 Å². The lowest BCUT2D eigenvalue weighted by Crippen LogP contribution is -2.44. The van der Waals surface area contributed by atoms with Gasteiger partial charge in [-0.3, -0.25) is 9.88 Å². The van der Waals surface area contributed by atoms with E-state index < -0.39 is 18.1 Å². The van der Waals surface area contributed by atoms with Gasteiger partial charge in [-0.15, -0.1) is 0 Å². The fourth-order valence-electron chi connectivity index (χ4n) is 4.79. The summed E-state index contributed by atoms with van der Waals surface area (Å²) in [6.07, 6.45) is 2.93. The molecule has 1 heterocycles. The van der Waals surface area contributed by atoms with E-state index in [0.29, 0.717) is 0 Å². The number of carboxylic acids is 1. The zero-order valence-corrected chi connectivity index (χ0v) is 18.7. The highest BCUT2D eigenvalue weighted by Crippen LogP contribution is 2.44. The lowest BCUT2D eigenvalue weighted by molar-refractivity contribution is -0.142. The summed E-state index contributed by atoms with van der Waals surface area (Å²) in [7, 11) is 1.48. The molecule has 3 aromatic carbocycles. The van der Waals surface area contributed by atoms with Crippen LogP contribution in [0.4, 0.5) is 4.79 Å². The molecule has 170 valence electrons. The number of amides is 1. The number of ether oxygens (including phenoxy) is 1. The summed E-state index contributed by atoms with van der Waals surface area (Å²) in [5.41, 5.74) is 5.34. The normalized spacial score (nSPS) is 13.2. The van der Waals surface area contributed by atoms with Crippen molar-refractivity contribution in [3.8, 4) is 11.1 Å². The van der Waals surface area contributed by atoms with Gasteiger partial charge in [0.25, 0.3) is 0 Å². The summed E-state index contributed by atoms with van der Waals surface area (Å²) >= 11 is 0. The first-order chi connectivity index (χ1) is 16.5. The number of rotatable bonds is 6. The van der Waals surface area contributed by atoms with Gasteiger partial charge >= 0.3 is 12.1 Å². The SMILES string of the molecule is CN(C(=O)OCC1c2ccccc2-c2ccccc21)[C@@H](Cc1cccc2cnccc12)C(=O)O. The Hall–Kier alpha value is -4.19. The third kappa shape index (κ3) is 3.88. The molecule has 0 spiro atoms. The Morgan fingerprint density at radius 2 is 1.65 bits per heavy atom. The number of fused-ring (bicyclic) bond motifs is 4. The molecule has 0 radical (unpaired) electrons. The second kappa shape index (κ2) is 8.98. The minimum Gasteiger partial charge on any atom is -0.480 e. The van der Waals surface area contributed by atoms with Crippen molar-refractivity contribution in [2.45, 2.75) is 18.4 Å². The van der Waals surface area contributed by atoms with Crippen LogP contribution in [0.5, 0.6) is 0 Å². The van der Waals surface area contributed by atoms with Crippen molar-refractivity contribution in [1.82, 2.24) is 9.88 Å². The molecule has 0 saturated heterocycles. The smallest absolute Gasteiger partial charge is 0.410 e. The Bertz CT molecular complexity index is 1330. The van der Waals surface area contributed by atoms with Gasteiger partial charge in [-0.1, -0.05) is 66.7 Å². The lowest BCUT2D eigenvalue weighted by atomic mass is 9.98.